The Bertz CT molecular complexity index is 3310. The average molecular weight is 1140 g/mol. The molecule has 0 saturated heterocycles. The number of pyridine rings is 4. The van der Waals surface area contributed by atoms with E-state index in [-0.39, 0.29) is 55.2 Å². The summed E-state index contributed by atoms with van der Waals surface area (Å²) in [5.41, 5.74) is 25.7. The molecule has 0 spiro atoms. The van der Waals surface area contributed by atoms with E-state index in [4.69, 9.17) is 27.7 Å². The molecule has 82 heavy (non-hydrogen) atoms. The average Bonchev–Trinajstić information content (AvgIpc) is 3.61. The minimum Gasteiger partial charge on any atom is -0.495 e. The number of hydrogen-bond acceptors (Lipinski definition) is 25. The molecule has 0 bridgehead atoms. The number of nitrogen functional groups attached to an aromatic ring is 4. The molecule has 8 rings (SSSR count). The van der Waals surface area contributed by atoms with Gasteiger partial charge in [-0.25, -0.2) is 34.3 Å². The number of aromatic nitrogens is 12. The van der Waals surface area contributed by atoms with Crippen LogP contribution >= 0.6 is 0 Å². The van der Waals surface area contributed by atoms with Crippen molar-refractivity contribution in [3.63, 3.8) is 0 Å². The van der Waals surface area contributed by atoms with Gasteiger partial charge in [0.05, 0.1) is 78.6 Å². The summed E-state index contributed by atoms with van der Waals surface area (Å²) in [5.74, 6) is 2.87. The molecule has 0 radical (unpaired) electrons. The second-order valence-corrected chi connectivity index (χ2v) is 22.1. The van der Waals surface area contributed by atoms with Crippen molar-refractivity contribution in [2.75, 3.05) is 71.1 Å². The van der Waals surface area contributed by atoms with Crippen molar-refractivity contribution in [3.05, 3.63) is 67.0 Å². The smallest absolute Gasteiger partial charge is 0.222 e. The van der Waals surface area contributed by atoms with Gasteiger partial charge in [-0.3, -0.25) is 9.97 Å². The summed E-state index contributed by atoms with van der Waals surface area (Å²) in [7, 11) is 1.59. The number of methoxy groups -OCH3 is 1. The van der Waals surface area contributed by atoms with Crippen molar-refractivity contribution in [1.82, 2.24) is 59.8 Å². The van der Waals surface area contributed by atoms with Gasteiger partial charge in [0.1, 0.15) is 39.2 Å². The highest BCUT2D eigenvalue weighted by atomic mass is 19.1. The SMILES string of the molecule is CC(C)(O)CC[C@H](CO)Nc1nc(N)nc2cccnc12.CCCCC[C@](C)(CO)Nc1nc(N)nc2cc(F)cnc12.CCCCC[C@](C)(CO)Nc1nc(N)nc2cccnc12.COc1cnc2c(NC(C)(C)C)nc(N)nc2c1. The highest BCUT2D eigenvalue weighted by Gasteiger charge is 2.27. The van der Waals surface area contributed by atoms with Crippen LogP contribution in [0.4, 0.5) is 51.5 Å². The fourth-order valence-corrected chi connectivity index (χ4v) is 8.22. The summed E-state index contributed by atoms with van der Waals surface area (Å²) < 4.78 is 18.4. The number of aliphatic hydroxyl groups excluding tert-OH is 3. The maximum Gasteiger partial charge on any atom is 0.222 e. The van der Waals surface area contributed by atoms with Crippen LogP contribution in [0.2, 0.25) is 0 Å². The van der Waals surface area contributed by atoms with E-state index in [0.29, 0.717) is 86.0 Å². The van der Waals surface area contributed by atoms with Crippen LogP contribution in [0, 0.1) is 5.82 Å². The van der Waals surface area contributed by atoms with Crippen LogP contribution in [0.3, 0.4) is 0 Å². The third-order valence-electron chi connectivity index (χ3n) is 12.6. The predicted molar refractivity (Wildman–Crippen MR) is 323 cm³/mol. The lowest BCUT2D eigenvalue weighted by Gasteiger charge is -2.29. The molecular weight excluding hydrogens is 1050 g/mol. The fourth-order valence-electron chi connectivity index (χ4n) is 8.22. The highest BCUT2D eigenvalue weighted by molar-refractivity contribution is 5.89. The Morgan fingerprint density at radius 3 is 1.41 bits per heavy atom. The maximum atomic E-state index is 13.3. The molecule has 16 N–H and O–H groups in total. The third kappa shape index (κ3) is 19.9. The number of anilines is 8. The molecule has 0 aliphatic rings. The molecule has 8 aromatic heterocycles. The first-order valence-electron chi connectivity index (χ1n) is 27.3. The van der Waals surface area contributed by atoms with Gasteiger partial charge in [0, 0.05) is 30.1 Å². The molecule has 25 nitrogen and oxygen atoms in total. The number of ether oxygens (including phenoxy) is 1. The Hall–Kier alpha value is -8.07. The van der Waals surface area contributed by atoms with Gasteiger partial charge in [0.25, 0.3) is 0 Å². The molecule has 0 aliphatic carbocycles. The molecule has 3 atom stereocenters. The standard InChI is InChI=1S/C15H22FN5O.C15H23N5O.C14H21N5O2.C12H17N5O/c1-3-4-5-6-15(2,9-22)21-13-12-11(19-14(17)20-13)7-10(16)8-18-12;1-3-4-5-8-15(2,10-21)20-13-12-11(7-6-9-17-12)18-14(16)19-13;1-14(2,21)6-5-9(8-20)17-12-11-10(4-3-7-16-11)18-13(15)19-12;1-12(2,3)17-10-9-8(15-11(13)16-10)5-7(18-4)6-14-9/h7-8,22H,3-6,9H2,1-2H3,(H3,17,19,20,21);6-7,9,21H,3-5,8,10H2,1-2H3,(H3,16,18,19,20);3-4,7,9,20-21H,5-6,8H2,1-2H3,(H3,15,17,18,19);5-6H,1-4H3,(H3,13,15,16,17)/t2*15-;9-;/m111./s1. The Balaban J connectivity index is 0.000000201. The molecule has 444 valence electrons. The lowest BCUT2D eigenvalue weighted by atomic mass is 9.95. The number of nitrogens with one attached hydrogen (secondary N) is 4. The van der Waals surface area contributed by atoms with Gasteiger partial charge in [-0.2, -0.15) is 19.9 Å². The zero-order valence-corrected chi connectivity index (χ0v) is 48.8. The van der Waals surface area contributed by atoms with Gasteiger partial charge >= 0.3 is 0 Å². The normalized spacial score (nSPS) is 13.3. The number of rotatable bonds is 22. The first kappa shape index (κ1) is 64.7. The van der Waals surface area contributed by atoms with E-state index in [0.717, 1.165) is 57.6 Å². The van der Waals surface area contributed by atoms with E-state index >= 15 is 0 Å². The van der Waals surface area contributed by atoms with Crippen LogP contribution in [-0.2, 0) is 0 Å². The van der Waals surface area contributed by atoms with Crippen molar-refractivity contribution < 1.29 is 29.6 Å². The summed E-state index contributed by atoms with van der Waals surface area (Å²) in [5, 5.41) is 51.6. The van der Waals surface area contributed by atoms with Crippen LogP contribution in [0.25, 0.3) is 44.1 Å². The van der Waals surface area contributed by atoms with Crippen molar-refractivity contribution in [3.8, 4) is 5.75 Å². The largest absolute Gasteiger partial charge is 0.495 e. The zero-order valence-electron chi connectivity index (χ0n) is 48.8. The van der Waals surface area contributed by atoms with Crippen LogP contribution in [0.1, 0.15) is 127 Å². The molecular formula is C56H83FN20O5. The maximum absolute atomic E-state index is 13.3. The number of halogens is 1. The Kier molecular flexibility index (Phi) is 23.4. The van der Waals surface area contributed by atoms with E-state index in [1.807, 2.05) is 46.8 Å². The van der Waals surface area contributed by atoms with Crippen LogP contribution in [0.5, 0.6) is 5.75 Å². The first-order valence-corrected chi connectivity index (χ1v) is 27.3. The Labute approximate surface area is 477 Å². The Morgan fingerprint density at radius 1 is 0.549 bits per heavy atom. The number of hydrogen-bond donors (Lipinski definition) is 12. The van der Waals surface area contributed by atoms with E-state index in [2.05, 4.69) is 94.9 Å². The van der Waals surface area contributed by atoms with Gasteiger partial charge < -0.3 is 69.4 Å². The predicted octanol–water partition coefficient (Wildman–Crippen LogP) is 7.60. The van der Waals surface area contributed by atoms with Crippen molar-refractivity contribution in [1.29, 1.82) is 0 Å². The number of nitrogens with zero attached hydrogens (tertiary/aromatic N) is 12. The quantitative estimate of drug-likeness (QED) is 0.0291. The molecule has 0 amide bonds. The van der Waals surface area contributed by atoms with Gasteiger partial charge in [0.2, 0.25) is 23.8 Å². The highest BCUT2D eigenvalue weighted by Crippen LogP contribution is 2.29. The molecule has 0 unspecified atom stereocenters. The van der Waals surface area contributed by atoms with E-state index in [1.165, 1.54) is 6.07 Å². The minimum atomic E-state index is -0.778. The summed E-state index contributed by atoms with van der Waals surface area (Å²) in [6.07, 6.45) is 15.4. The van der Waals surface area contributed by atoms with Gasteiger partial charge in [-0.15, -0.1) is 0 Å². The second-order valence-electron chi connectivity index (χ2n) is 22.1. The lowest BCUT2D eigenvalue weighted by Crippen LogP contribution is -2.39. The molecule has 0 aromatic carbocycles. The minimum absolute atomic E-state index is 0.0228. The number of fused-ring (bicyclic) bond motifs is 4. The fraction of sp³-hybridized carbons (Fsp3) is 0.500. The Morgan fingerprint density at radius 2 is 0.976 bits per heavy atom. The molecule has 0 saturated carbocycles. The van der Waals surface area contributed by atoms with Gasteiger partial charge in [-0.05, 0) is 98.4 Å². The van der Waals surface area contributed by atoms with Crippen LogP contribution in [0.15, 0.2) is 61.2 Å². The van der Waals surface area contributed by atoms with Gasteiger partial charge in [0.15, 0.2) is 23.3 Å². The van der Waals surface area contributed by atoms with Gasteiger partial charge in [-0.1, -0.05) is 52.4 Å². The van der Waals surface area contributed by atoms with Crippen molar-refractivity contribution in [2.45, 2.75) is 155 Å². The molecule has 8 aromatic rings. The summed E-state index contributed by atoms with van der Waals surface area (Å²) in [4.78, 5) is 50.1. The first-order chi connectivity index (χ1) is 38.8. The summed E-state index contributed by atoms with van der Waals surface area (Å²) in [6, 6.07) is 10.0. The van der Waals surface area contributed by atoms with Crippen molar-refractivity contribution >= 4 is 91.2 Å². The second kappa shape index (κ2) is 29.6. The summed E-state index contributed by atoms with van der Waals surface area (Å²) in [6.45, 7) is 17.7. The van der Waals surface area contributed by atoms with Crippen LogP contribution in [-0.4, -0.2) is 135 Å². The number of nitrogens with two attached hydrogens (primary N) is 4. The number of unbranched alkanes of at least 4 members (excludes halogenated alkanes) is 4. The lowest BCUT2D eigenvalue weighted by molar-refractivity contribution is 0.0653. The molecule has 0 aliphatic heterocycles. The number of aliphatic hydroxyl groups is 4. The zero-order chi connectivity index (χ0) is 60.3. The van der Waals surface area contributed by atoms with E-state index in [9.17, 15) is 24.8 Å². The van der Waals surface area contributed by atoms with Crippen molar-refractivity contribution in [2.24, 2.45) is 0 Å². The summed E-state index contributed by atoms with van der Waals surface area (Å²) >= 11 is 0. The monoisotopic (exact) mass is 1130 g/mol. The molecule has 8 heterocycles. The molecule has 0 fully saturated rings. The van der Waals surface area contributed by atoms with E-state index in [1.54, 1.807) is 57.7 Å². The topological polar surface area (TPSA) is 397 Å². The molecule has 26 heteroatoms. The van der Waals surface area contributed by atoms with E-state index < -0.39 is 22.5 Å². The third-order valence-corrected chi connectivity index (χ3v) is 12.6. The van der Waals surface area contributed by atoms with Crippen LogP contribution < -0.4 is 48.9 Å².